The molecule has 0 spiro atoms. The van der Waals surface area contributed by atoms with Gasteiger partial charge in [0.2, 0.25) is 4.96 Å². The average molecular weight is 571 g/mol. The molecule has 0 radical (unpaired) electrons. The fourth-order valence-corrected chi connectivity index (χ4v) is 5.03. The summed E-state index contributed by atoms with van der Waals surface area (Å²) in [6.45, 7) is 0. The first-order chi connectivity index (χ1) is 18.0. The third-order valence-electron chi connectivity index (χ3n) is 5.69. The van der Waals surface area contributed by atoms with E-state index in [1.165, 1.54) is 28.0 Å². The molecule has 11 heteroatoms. The minimum Gasteiger partial charge on any atom is -0.266 e. The lowest BCUT2D eigenvalue weighted by molar-refractivity contribution is -0.384. The monoisotopic (exact) mass is 570 g/mol. The summed E-state index contributed by atoms with van der Waals surface area (Å²) in [5, 5.41) is 20.2. The van der Waals surface area contributed by atoms with Crippen molar-refractivity contribution < 1.29 is 4.92 Å². The SMILES string of the molecule is O=c1/c(=C/c2cn(-c3ccccc3)nc2-c2ccc([N+](=O)[O-])cc2)sc2nc(-c3ccc(Br)cc3)nn12. The van der Waals surface area contributed by atoms with Crippen molar-refractivity contribution in [3.63, 3.8) is 0 Å². The molecule has 0 saturated carbocycles. The van der Waals surface area contributed by atoms with Crippen molar-refractivity contribution in [2.45, 2.75) is 0 Å². The van der Waals surface area contributed by atoms with Crippen molar-refractivity contribution in [2.24, 2.45) is 0 Å². The molecule has 0 bridgehead atoms. The number of hydrogen-bond acceptors (Lipinski definition) is 7. The van der Waals surface area contributed by atoms with Crippen LogP contribution >= 0.6 is 27.3 Å². The number of nitrogens with zero attached hydrogens (tertiary/aromatic N) is 6. The third-order valence-corrected chi connectivity index (χ3v) is 7.17. The standard InChI is InChI=1S/C26H15BrN6O3S/c27-19-10-6-17(7-11-19)24-28-26-32(30-24)25(34)22(37-26)14-18-15-31(20-4-2-1-3-5-20)29-23(18)16-8-12-21(13-9-16)33(35)36/h1-15H/b22-14-. The highest BCUT2D eigenvalue weighted by Crippen LogP contribution is 2.26. The largest absolute Gasteiger partial charge is 0.291 e. The lowest BCUT2D eigenvalue weighted by atomic mass is 10.1. The lowest BCUT2D eigenvalue weighted by Crippen LogP contribution is -2.23. The summed E-state index contributed by atoms with van der Waals surface area (Å²) >= 11 is 4.65. The third kappa shape index (κ3) is 4.34. The van der Waals surface area contributed by atoms with Crippen LogP contribution in [0.15, 0.2) is 94.3 Å². The molecule has 0 unspecified atom stereocenters. The van der Waals surface area contributed by atoms with E-state index in [1.54, 1.807) is 22.9 Å². The fourth-order valence-electron chi connectivity index (χ4n) is 3.87. The van der Waals surface area contributed by atoms with Crippen molar-refractivity contribution in [2.75, 3.05) is 0 Å². The van der Waals surface area contributed by atoms with Crippen LogP contribution in [0, 0.1) is 10.1 Å². The van der Waals surface area contributed by atoms with E-state index < -0.39 is 4.92 Å². The summed E-state index contributed by atoms with van der Waals surface area (Å²) in [6.07, 6.45) is 3.58. The highest BCUT2D eigenvalue weighted by Gasteiger charge is 2.16. The van der Waals surface area contributed by atoms with E-state index in [4.69, 9.17) is 5.10 Å². The Labute approximate surface area is 221 Å². The van der Waals surface area contributed by atoms with Crippen molar-refractivity contribution >= 4 is 44.0 Å². The van der Waals surface area contributed by atoms with Crippen LogP contribution < -0.4 is 10.1 Å². The molecular weight excluding hydrogens is 556 g/mol. The van der Waals surface area contributed by atoms with Gasteiger partial charge in [-0.2, -0.15) is 14.6 Å². The average Bonchev–Trinajstić information content (AvgIpc) is 3.60. The Kier molecular flexibility index (Phi) is 5.70. The molecule has 0 fully saturated rings. The smallest absolute Gasteiger partial charge is 0.266 e. The van der Waals surface area contributed by atoms with Gasteiger partial charge in [0.05, 0.1) is 15.1 Å². The van der Waals surface area contributed by atoms with Crippen molar-refractivity contribution in [3.05, 3.63) is 120 Å². The number of hydrogen-bond donors (Lipinski definition) is 0. The predicted octanol–water partition coefficient (Wildman–Crippen LogP) is 4.89. The first-order valence-corrected chi connectivity index (χ1v) is 12.6. The molecule has 9 nitrogen and oxygen atoms in total. The van der Waals surface area contributed by atoms with E-state index in [9.17, 15) is 14.9 Å². The topological polar surface area (TPSA) is 108 Å². The zero-order valence-corrected chi connectivity index (χ0v) is 21.3. The zero-order chi connectivity index (χ0) is 25.5. The van der Waals surface area contributed by atoms with E-state index in [0.29, 0.717) is 32.1 Å². The Bertz CT molecular complexity index is 1880. The molecule has 6 rings (SSSR count). The summed E-state index contributed by atoms with van der Waals surface area (Å²) in [5.41, 5.74) is 3.34. The number of non-ortho nitro benzene ring substituents is 1. The second-order valence-electron chi connectivity index (χ2n) is 8.07. The van der Waals surface area contributed by atoms with Gasteiger partial charge in [-0.05, 0) is 42.5 Å². The van der Waals surface area contributed by atoms with Crippen LogP contribution in [-0.4, -0.2) is 29.3 Å². The number of para-hydroxylation sites is 1. The van der Waals surface area contributed by atoms with Gasteiger partial charge >= 0.3 is 0 Å². The number of aromatic nitrogens is 5. The maximum atomic E-state index is 13.2. The molecule has 0 amide bonds. The summed E-state index contributed by atoms with van der Waals surface area (Å²) in [5.74, 6) is 0.478. The van der Waals surface area contributed by atoms with Gasteiger partial charge in [0.1, 0.15) is 5.69 Å². The number of rotatable bonds is 5. The highest BCUT2D eigenvalue weighted by atomic mass is 79.9. The van der Waals surface area contributed by atoms with Gasteiger partial charge in [0.25, 0.3) is 11.2 Å². The summed E-state index contributed by atoms with van der Waals surface area (Å²) in [6, 6.07) is 23.3. The lowest BCUT2D eigenvalue weighted by Gasteiger charge is -2.00. The quantitative estimate of drug-likeness (QED) is 0.216. The van der Waals surface area contributed by atoms with E-state index in [2.05, 4.69) is 26.0 Å². The molecule has 0 N–H and O–H groups in total. The molecule has 37 heavy (non-hydrogen) atoms. The van der Waals surface area contributed by atoms with Gasteiger partial charge in [-0.15, -0.1) is 5.10 Å². The van der Waals surface area contributed by atoms with Crippen molar-refractivity contribution in [1.82, 2.24) is 24.4 Å². The maximum absolute atomic E-state index is 13.2. The normalized spacial score (nSPS) is 11.9. The van der Waals surface area contributed by atoms with Crippen LogP contribution in [0.4, 0.5) is 5.69 Å². The molecular formula is C26H15BrN6O3S. The van der Waals surface area contributed by atoms with Gasteiger partial charge in [-0.3, -0.25) is 14.9 Å². The van der Waals surface area contributed by atoms with Crippen LogP contribution in [0.1, 0.15) is 5.56 Å². The Hall–Kier alpha value is -4.48. The van der Waals surface area contributed by atoms with E-state index in [0.717, 1.165) is 15.7 Å². The molecule has 0 saturated heterocycles. The van der Waals surface area contributed by atoms with Crippen molar-refractivity contribution in [3.8, 4) is 28.3 Å². The van der Waals surface area contributed by atoms with Crippen LogP contribution in [0.3, 0.4) is 0 Å². The zero-order valence-electron chi connectivity index (χ0n) is 18.9. The van der Waals surface area contributed by atoms with Crippen molar-refractivity contribution in [1.29, 1.82) is 0 Å². The molecule has 0 atom stereocenters. The number of halogens is 1. The second-order valence-corrected chi connectivity index (χ2v) is 9.99. The van der Waals surface area contributed by atoms with Crippen LogP contribution in [0.5, 0.6) is 0 Å². The van der Waals surface area contributed by atoms with Gasteiger partial charge in [-0.25, -0.2) is 4.68 Å². The molecule has 180 valence electrons. The predicted molar refractivity (Wildman–Crippen MR) is 145 cm³/mol. The molecule has 3 aromatic heterocycles. The Morgan fingerprint density at radius 1 is 0.919 bits per heavy atom. The number of nitro benzene ring substituents is 1. The Balaban J connectivity index is 1.47. The van der Waals surface area contributed by atoms with Crippen LogP contribution in [0.25, 0.3) is 39.4 Å². The minimum atomic E-state index is -0.444. The summed E-state index contributed by atoms with van der Waals surface area (Å²) < 4.78 is 4.42. The van der Waals surface area contributed by atoms with E-state index in [1.807, 2.05) is 60.8 Å². The highest BCUT2D eigenvalue weighted by molar-refractivity contribution is 9.10. The van der Waals surface area contributed by atoms with Gasteiger partial charge in [0, 0.05) is 39.5 Å². The number of benzene rings is 3. The molecule has 3 heterocycles. The Morgan fingerprint density at radius 2 is 1.62 bits per heavy atom. The first kappa shape index (κ1) is 23.0. The summed E-state index contributed by atoms with van der Waals surface area (Å²) in [7, 11) is 0. The number of fused-ring (bicyclic) bond motifs is 1. The number of nitro groups is 1. The molecule has 0 aliphatic heterocycles. The van der Waals surface area contributed by atoms with Gasteiger partial charge in [-0.1, -0.05) is 57.6 Å². The summed E-state index contributed by atoms with van der Waals surface area (Å²) in [4.78, 5) is 28.9. The minimum absolute atomic E-state index is 0.00857. The Morgan fingerprint density at radius 3 is 2.30 bits per heavy atom. The van der Waals surface area contributed by atoms with Crippen LogP contribution in [0.2, 0.25) is 0 Å². The second kappa shape index (κ2) is 9.19. The molecule has 6 aromatic rings. The van der Waals surface area contributed by atoms with Gasteiger partial charge in [0.15, 0.2) is 5.82 Å². The van der Waals surface area contributed by atoms with E-state index >= 15 is 0 Å². The van der Waals surface area contributed by atoms with Gasteiger partial charge < -0.3 is 0 Å². The maximum Gasteiger partial charge on any atom is 0.291 e. The number of thiazole rings is 1. The first-order valence-electron chi connectivity index (χ1n) is 11.0. The van der Waals surface area contributed by atoms with Crippen LogP contribution in [-0.2, 0) is 0 Å². The molecule has 0 aliphatic rings. The fraction of sp³-hybridized carbons (Fsp3) is 0. The molecule has 3 aromatic carbocycles. The molecule has 0 aliphatic carbocycles. The van der Waals surface area contributed by atoms with E-state index in [-0.39, 0.29) is 11.2 Å².